The predicted molar refractivity (Wildman–Crippen MR) is 118 cm³/mol. The van der Waals surface area contributed by atoms with Gasteiger partial charge < -0.3 is 9.47 Å². The molecule has 0 aliphatic heterocycles. The van der Waals surface area contributed by atoms with Gasteiger partial charge in [-0.3, -0.25) is 0 Å². The SMILES string of the molecule is CCCCCCc1ccc(-c2ccc(OC(=O)c3ccc(OC)cc3)cc2)cc1. The third kappa shape index (κ3) is 5.95. The molecule has 3 rings (SSSR count). The van der Waals surface area contributed by atoms with E-state index in [9.17, 15) is 4.79 Å². The van der Waals surface area contributed by atoms with Gasteiger partial charge in [-0.1, -0.05) is 62.6 Å². The Morgan fingerprint density at radius 1 is 0.724 bits per heavy atom. The van der Waals surface area contributed by atoms with Gasteiger partial charge >= 0.3 is 5.97 Å². The molecular weight excluding hydrogens is 360 g/mol. The van der Waals surface area contributed by atoms with Gasteiger partial charge in [0.1, 0.15) is 11.5 Å². The molecule has 0 amide bonds. The predicted octanol–water partition coefficient (Wildman–Crippen LogP) is 6.70. The van der Waals surface area contributed by atoms with Gasteiger partial charge in [-0.2, -0.15) is 0 Å². The molecule has 0 N–H and O–H groups in total. The van der Waals surface area contributed by atoms with Gasteiger partial charge in [0.15, 0.2) is 0 Å². The lowest BCUT2D eigenvalue weighted by molar-refractivity contribution is 0.0734. The summed E-state index contributed by atoms with van der Waals surface area (Å²) in [6, 6.07) is 23.2. The quantitative estimate of drug-likeness (QED) is 0.232. The highest BCUT2D eigenvalue weighted by Gasteiger charge is 2.09. The van der Waals surface area contributed by atoms with Crippen molar-refractivity contribution in [2.75, 3.05) is 7.11 Å². The molecule has 150 valence electrons. The fourth-order valence-electron chi connectivity index (χ4n) is 3.23. The molecule has 0 unspecified atom stereocenters. The smallest absolute Gasteiger partial charge is 0.343 e. The van der Waals surface area contributed by atoms with Crippen molar-refractivity contribution in [2.45, 2.75) is 39.0 Å². The molecule has 0 saturated carbocycles. The summed E-state index contributed by atoms with van der Waals surface area (Å²) in [5.74, 6) is 0.854. The summed E-state index contributed by atoms with van der Waals surface area (Å²) in [6.07, 6.45) is 6.27. The zero-order valence-electron chi connectivity index (χ0n) is 17.2. The minimum atomic E-state index is -0.382. The Hall–Kier alpha value is -3.07. The Kier molecular flexibility index (Phi) is 7.46. The third-order valence-corrected chi connectivity index (χ3v) is 5.00. The normalized spacial score (nSPS) is 10.6. The standard InChI is InChI=1S/C26H28O3/c1-3-4-5-6-7-20-8-10-21(11-9-20)22-12-18-25(19-13-22)29-26(27)23-14-16-24(28-2)17-15-23/h8-19H,3-7H2,1-2H3. The van der Waals surface area contributed by atoms with E-state index in [1.54, 1.807) is 31.4 Å². The number of unbranched alkanes of at least 4 members (excludes halogenated alkanes) is 3. The number of hydrogen-bond acceptors (Lipinski definition) is 3. The first-order chi connectivity index (χ1) is 14.2. The van der Waals surface area contributed by atoms with Crippen molar-refractivity contribution >= 4 is 5.97 Å². The van der Waals surface area contributed by atoms with Crippen LogP contribution in [0.5, 0.6) is 11.5 Å². The number of carbonyl (C=O) groups excluding carboxylic acids is 1. The van der Waals surface area contributed by atoms with E-state index < -0.39 is 0 Å². The highest BCUT2D eigenvalue weighted by Crippen LogP contribution is 2.24. The second-order valence-corrected chi connectivity index (χ2v) is 7.15. The van der Waals surface area contributed by atoms with E-state index in [-0.39, 0.29) is 5.97 Å². The number of benzene rings is 3. The molecule has 0 spiro atoms. The molecule has 29 heavy (non-hydrogen) atoms. The highest BCUT2D eigenvalue weighted by molar-refractivity contribution is 5.91. The van der Waals surface area contributed by atoms with Crippen LogP contribution in [0.25, 0.3) is 11.1 Å². The molecule has 0 aromatic heterocycles. The topological polar surface area (TPSA) is 35.5 Å². The summed E-state index contributed by atoms with van der Waals surface area (Å²) < 4.78 is 10.6. The number of ether oxygens (including phenoxy) is 2. The van der Waals surface area contributed by atoms with E-state index in [0.29, 0.717) is 17.1 Å². The number of aryl methyl sites for hydroxylation is 1. The van der Waals surface area contributed by atoms with Crippen LogP contribution >= 0.6 is 0 Å². The highest BCUT2D eigenvalue weighted by atomic mass is 16.5. The summed E-state index contributed by atoms with van der Waals surface area (Å²) in [7, 11) is 1.59. The third-order valence-electron chi connectivity index (χ3n) is 5.00. The average molecular weight is 389 g/mol. The van der Waals surface area contributed by atoms with Gasteiger partial charge in [0, 0.05) is 0 Å². The minimum absolute atomic E-state index is 0.382. The molecule has 0 saturated heterocycles. The lowest BCUT2D eigenvalue weighted by Gasteiger charge is -2.08. The first kappa shape index (κ1) is 20.7. The Morgan fingerprint density at radius 3 is 1.90 bits per heavy atom. The van der Waals surface area contributed by atoms with Gasteiger partial charge in [-0.15, -0.1) is 0 Å². The summed E-state index contributed by atoms with van der Waals surface area (Å²) in [5.41, 5.74) is 4.14. The fraction of sp³-hybridized carbons (Fsp3) is 0.269. The molecule has 0 fully saturated rings. The maximum atomic E-state index is 12.3. The molecular formula is C26H28O3. The number of esters is 1. The van der Waals surface area contributed by atoms with Crippen molar-refractivity contribution in [2.24, 2.45) is 0 Å². The van der Waals surface area contributed by atoms with E-state index in [4.69, 9.17) is 9.47 Å². The van der Waals surface area contributed by atoms with Crippen molar-refractivity contribution in [3.8, 4) is 22.6 Å². The molecule has 0 radical (unpaired) electrons. The molecule has 3 aromatic rings. The van der Waals surface area contributed by atoms with E-state index in [0.717, 1.165) is 17.5 Å². The molecule has 0 aliphatic rings. The van der Waals surface area contributed by atoms with Crippen molar-refractivity contribution in [1.29, 1.82) is 0 Å². The van der Waals surface area contributed by atoms with E-state index in [1.165, 1.54) is 31.2 Å². The Bertz CT molecular complexity index is 894. The van der Waals surface area contributed by atoms with Crippen molar-refractivity contribution in [3.63, 3.8) is 0 Å². The average Bonchev–Trinajstić information content (AvgIpc) is 2.78. The van der Waals surface area contributed by atoms with Crippen LogP contribution in [0.1, 0.15) is 48.5 Å². The number of methoxy groups -OCH3 is 1. The van der Waals surface area contributed by atoms with E-state index >= 15 is 0 Å². The maximum absolute atomic E-state index is 12.3. The maximum Gasteiger partial charge on any atom is 0.343 e. The molecule has 0 aliphatic carbocycles. The van der Waals surface area contributed by atoms with Gasteiger partial charge in [0.2, 0.25) is 0 Å². The lowest BCUT2D eigenvalue weighted by atomic mass is 10.0. The Morgan fingerprint density at radius 2 is 1.31 bits per heavy atom. The van der Waals surface area contributed by atoms with E-state index in [1.807, 2.05) is 24.3 Å². The van der Waals surface area contributed by atoms with Crippen LogP contribution in [-0.4, -0.2) is 13.1 Å². The van der Waals surface area contributed by atoms with Crippen LogP contribution in [0.4, 0.5) is 0 Å². The zero-order chi connectivity index (χ0) is 20.5. The largest absolute Gasteiger partial charge is 0.497 e. The molecule has 3 aromatic carbocycles. The monoisotopic (exact) mass is 388 g/mol. The lowest BCUT2D eigenvalue weighted by Crippen LogP contribution is -2.08. The Labute approximate surface area is 173 Å². The van der Waals surface area contributed by atoms with Crippen LogP contribution in [0.3, 0.4) is 0 Å². The van der Waals surface area contributed by atoms with Crippen LogP contribution in [0, 0.1) is 0 Å². The molecule has 3 heteroatoms. The van der Waals surface area contributed by atoms with Crippen molar-refractivity contribution in [3.05, 3.63) is 83.9 Å². The van der Waals surface area contributed by atoms with Crippen molar-refractivity contribution < 1.29 is 14.3 Å². The van der Waals surface area contributed by atoms with Crippen molar-refractivity contribution in [1.82, 2.24) is 0 Å². The second kappa shape index (κ2) is 10.5. The van der Waals surface area contributed by atoms with Crippen LogP contribution in [-0.2, 0) is 6.42 Å². The van der Waals surface area contributed by atoms with Gasteiger partial charge in [0.05, 0.1) is 12.7 Å². The summed E-state index contributed by atoms with van der Waals surface area (Å²) >= 11 is 0. The van der Waals surface area contributed by atoms with E-state index in [2.05, 4.69) is 31.2 Å². The number of carbonyl (C=O) groups is 1. The number of rotatable bonds is 9. The molecule has 0 atom stereocenters. The molecule has 0 bridgehead atoms. The second-order valence-electron chi connectivity index (χ2n) is 7.15. The van der Waals surface area contributed by atoms with Gasteiger partial charge in [-0.25, -0.2) is 4.79 Å². The molecule has 0 heterocycles. The van der Waals surface area contributed by atoms with Gasteiger partial charge in [-0.05, 0) is 65.9 Å². The first-order valence-corrected chi connectivity index (χ1v) is 10.2. The van der Waals surface area contributed by atoms with Crippen LogP contribution in [0.2, 0.25) is 0 Å². The fourth-order valence-corrected chi connectivity index (χ4v) is 3.23. The van der Waals surface area contributed by atoms with Crippen LogP contribution < -0.4 is 9.47 Å². The summed E-state index contributed by atoms with van der Waals surface area (Å²) in [6.45, 7) is 2.24. The first-order valence-electron chi connectivity index (χ1n) is 10.2. The van der Waals surface area contributed by atoms with Crippen LogP contribution in [0.15, 0.2) is 72.8 Å². The summed E-state index contributed by atoms with van der Waals surface area (Å²) in [5, 5.41) is 0. The minimum Gasteiger partial charge on any atom is -0.497 e. The zero-order valence-corrected chi connectivity index (χ0v) is 17.2. The molecule has 3 nitrogen and oxygen atoms in total. The van der Waals surface area contributed by atoms with Gasteiger partial charge in [0.25, 0.3) is 0 Å². The Balaban J connectivity index is 1.58. The summed E-state index contributed by atoms with van der Waals surface area (Å²) in [4.78, 5) is 12.3. The number of hydrogen-bond donors (Lipinski definition) is 0.